The topological polar surface area (TPSA) is 75.6 Å². The molecule has 1 unspecified atom stereocenters. The molecule has 0 heterocycles. The molecule has 2 N–H and O–H groups in total. The molecule has 138 valence electrons. The molecule has 1 aliphatic rings. The van der Waals surface area contributed by atoms with Crippen molar-refractivity contribution in [3.63, 3.8) is 0 Å². The van der Waals surface area contributed by atoms with Crippen molar-refractivity contribution in [3.8, 4) is 0 Å². The fourth-order valence-corrected chi connectivity index (χ4v) is 3.43. The molecule has 5 nitrogen and oxygen atoms in total. The van der Waals surface area contributed by atoms with Crippen LogP contribution in [0.4, 0.5) is 0 Å². The summed E-state index contributed by atoms with van der Waals surface area (Å²) < 4.78 is 5.08. The van der Waals surface area contributed by atoms with Crippen molar-refractivity contribution in [2.24, 2.45) is 11.3 Å². The van der Waals surface area contributed by atoms with E-state index >= 15 is 0 Å². The van der Waals surface area contributed by atoms with Crippen molar-refractivity contribution in [2.75, 3.05) is 20.3 Å². The molecule has 0 bridgehead atoms. The van der Waals surface area contributed by atoms with E-state index < -0.39 is 11.9 Å². The lowest BCUT2D eigenvalue weighted by atomic mass is 9.94. The Hall–Kier alpha value is -2.40. The second-order valence-electron chi connectivity index (χ2n) is 7.11. The molecule has 3 rings (SSSR count). The Morgan fingerprint density at radius 2 is 1.92 bits per heavy atom. The van der Waals surface area contributed by atoms with Crippen molar-refractivity contribution in [3.05, 3.63) is 48.0 Å². The first-order chi connectivity index (χ1) is 12.6. The average Bonchev–Trinajstić information content (AvgIpc) is 3.44. The highest BCUT2D eigenvalue weighted by molar-refractivity contribution is 5.87. The van der Waals surface area contributed by atoms with Crippen LogP contribution in [0.25, 0.3) is 10.8 Å². The van der Waals surface area contributed by atoms with Crippen LogP contribution in [0.1, 0.15) is 24.8 Å². The third-order valence-electron chi connectivity index (χ3n) is 5.32. The second kappa shape index (κ2) is 7.87. The number of hydrogen-bond donors (Lipinski definition) is 2. The Morgan fingerprint density at radius 3 is 2.62 bits per heavy atom. The summed E-state index contributed by atoms with van der Waals surface area (Å²) in [5, 5.41) is 14.6. The summed E-state index contributed by atoms with van der Waals surface area (Å²) in [6, 6.07) is 13.9. The quantitative estimate of drug-likeness (QED) is 0.725. The van der Waals surface area contributed by atoms with Crippen molar-refractivity contribution < 1.29 is 19.4 Å². The number of carboxylic acids is 1. The predicted molar refractivity (Wildman–Crippen MR) is 99.9 cm³/mol. The van der Waals surface area contributed by atoms with Crippen molar-refractivity contribution >= 4 is 22.6 Å². The Labute approximate surface area is 153 Å². The SMILES string of the molecule is COCCC1(C(=O)NCC(Cc2cccc3ccccc23)C(=O)O)CC1. The third kappa shape index (κ3) is 4.05. The molecule has 2 aromatic carbocycles. The van der Waals surface area contributed by atoms with Crippen LogP contribution in [-0.4, -0.2) is 37.2 Å². The van der Waals surface area contributed by atoms with Crippen LogP contribution in [0.3, 0.4) is 0 Å². The summed E-state index contributed by atoms with van der Waals surface area (Å²) >= 11 is 0. The van der Waals surface area contributed by atoms with Crippen molar-refractivity contribution in [2.45, 2.75) is 25.7 Å². The number of hydrogen-bond acceptors (Lipinski definition) is 3. The first-order valence-corrected chi connectivity index (χ1v) is 9.02. The van der Waals surface area contributed by atoms with E-state index in [4.69, 9.17) is 4.74 Å². The van der Waals surface area contributed by atoms with Crippen molar-refractivity contribution in [1.29, 1.82) is 0 Å². The number of methoxy groups -OCH3 is 1. The van der Waals surface area contributed by atoms with Crippen LogP contribution in [0.15, 0.2) is 42.5 Å². The molecule has 0 aliphatic heterocycles. The van der Waals surface area contributed by atoms with E-state index in [9.17, 15) is 14.7 Å². The first-order valence-electron chi connectivity index (χ1n) is 9.02. The minimum atomic E-state index is -0.889. The number of carbonyl (C=O) groups excluding carboxylic acids is 1. The van der Waals surface area contributed by atoms with Crippen LogP contribution in [-0.2, 0) is 20.7 Å². The van der Waals surface area contributed by atoms with Gasteiger partial charge in [0.25, 0.3) is 0 Å². The lowest BCUT2D eigenvalue weighted by Gasteiger charge is -2.18. The van der Waals surface area contributed by atoms with Gasteiger partial charge in [-0.25, -0.2) is 0 Å². The molecule has 1 amide bonds. The van der Waals surface area contributed by atoms with Gasteiger partial charge >= 0.3 is 5.97 Å². The standard InChI is InChI=1S/C21H25NO4/c1-26-12-11-21(9-10-21)20(25)22-14-17(19(23)24)13-16-7-4-6-15-5-2-3-8-18(15)16/h2-8,17H,9-14H2,1H3,(H,22,25)(H,23,24). The summed E-state index contributed by atoms with van der Waals surface area (Å²) in [5.74, 6) is -1.58. The van der Waals surface area contributed by atoms with E-state index in [1.165, 1.54) is 0 Å². The summed E-state index contributed by atoms with van der Waals surface area (Å²) in [4.78, 5) is 24.2. The van der Waals surface area contributed by atoms with E-state index in [0.29, 0.717) is 19.4 Å². The monoisotopic (exact) mass is 355 g/mol. The van der Waals surface area contributed by atoms with Crippen LogP contribution in [0, 0.1) is 11.3 Å². The number of aliphatic carboxylic acids is 1. The fourth-order valence-electron chi connectivity index (χ4n) is 3.43. The normalized spacial score (nSPS) is 16.2. The summed E-state index contributed by atoms with van der Waals surface area (Å²) in [7, 11) is 1.62. The Kier molecular flexibility index (Phi) is 5.57. The summed E-state index contributed by atoms with van der Waals surface area (Å²) in [5.41, 5.74) is 0.642. The van der Waals surface area contributed by atoms with Gasteiger partial charge in [0.1, 0.15) is 0 Å². The van der Waals surface area contributed by atoms with Gasteiger partial charge in [0.15, 0.2) is 0 Å². The summed E-state index contributed by atoms with van der Waals surface area (Å²) in [6.45, 7) is 0.692. The maximum Gasteiger partial charge on any atom is 0.308 e. The largest absolute Gasteiger partial charge is 0.481 e. The third-order valence-corrected chi connectivity index (χ3v) is 5.32. The zero-order valence-corrected chi connectivity index (χ0v) is 15.0. The molecule has 1 fully saturated rings. The molecule has 0 spiro atoms. The molecule has 0 radical (unpaired) electrons. The number of carbonyl (C=O) groups is 2. The number of benzene rings is 2. The van der Waals surface area contributed by atoms with Crippen LogP contribution in [0.2, 0.25) is 0 Å². The maximum absolute atomic E-state index is 12.5. The van der Waals surface area contributed by atoms with Gasteiger partial charge < -0.3 is 15.2 Å². The summed E-state index contributed by atoms with van der Waals surface area (Å²) in [6.07, 6.45) is 2.78. The predicted octanol–water partition coefficient (Wildman–Crippen LogP) is 3.02. The highest BCUT2D eigenvalue weighted by Gasteiger charge is 2.49. The van der Waals surface area contributed by atoms with Gasteiger partial charge in [-0.15, -0.1) is 0 Å². The van der Waals surface area contributed by atoms with E-state index in [2.05, 4.69) is 5.32 Å². The molecule has 1 saturated carbocycles. The fraction of sp³-hybridized carbons (Fsp3) is 0.429. The minimum Gasteiger partial charge on any atom is -0.481 e. The second-order valence-corrected chi connectivity index (χ2v) is 7.11. The Bertz CT molecular complexity index is 792. The van der Waals surface area contributed by atoms with Gasteiger partial charge in [-0.1, -0.05) is 42.5 Å². The molecule has 2 aromatic rings. The van der Waals surface area contributed by atoms with Gasteiger partial charge in [-0.2, -0.15) is 0 Å². The Balaban J connectivity index is 1.66. The molecule has 5 heteroatoms. The molecule has 0 saturated heterocycles. The number of ether oxygens (including phenoxy) is 1. The van der Waals surface area contributed by atoms with Gasteiger partial charge in [-0.05, 0) is 42.0 Å². The molecule has 26 heavy (non-hydrogen) atoms. The number of rotatable bonds is 9. The molecule has 1 atom stereocenters. The lowest BCUT2D eigenvalue weighted by molar-refractivity contribution is -0.141. The Morgan fingerprint density at radius 1 is 1.19 bits per heavy atom. The van der Waals surface area contributed by atoms with E-state index in [1.807, 2.05) is 42.5 Å². The smallest absolute Gasteiger partial charge is 0.308 e. The molecule has 0 aromatic heterocycles. The van der Waals surface area contributed by atoms with Crippen LogP contribution in [0.5, 0.6) is 0 Å². The van der Waals surface area contributed by atoms with E-state index in [1.54, 1.807) is 7.11 Å². The lowest BCUT2D eigenvalue weighted by Crippen LogP contribution is -2.38. The van der Waals surface area contributed by atoms with E-state index in [0.717, 1.165) is 29.2 Å². The van der Waals surface area contributed by atoms with E-state index in [-0.39, 0.29) is 17.9 Å². The molecular weight excluding hydrogens is 330 g/mol. The van der Waals surface area contributed by atoms with Crippen LogP contribution < -0.4 is 5.32 Å². The number of carboxylic acid groups (broad SMARTS) is 1. The van der Waals surface area contributed by atoms with Crippen molar-refractivity contribution in [1.82, 2.24) is 5.32 Å². The maximum atomic E-state index is 12.5. The minimum absolute atomic E-state index is 0.0429. The van der Waals surface area contributed by atoms with Gasteiger partial charge in [0.2, 0.25) is 5.91 Å². The molecular formula is C21H25NO4. The number of amides is 1. The first kappa shape index (κ1) is 18.4. The average molecular weight is 355 g/mol. The number of fused-ring (bicyclic) bond motifs is 1. The highest BCUT2D eigenvalue weighted by atomic mass is 16.5. The zero-order valence-electron chi connectivity index (χ0n) is 15.0. The van der Waals surface area contributed by atoms with Gasteiger partial charge in [0, 0.05) is 20.3 Å². The molecule has 1 aliphatic carbocycles. The highest BCUT2D eigenvalue weighted by Crippen LogP contribution is 2.49. The number of nitrogens with one attached hydrogen (secondary N) is 1. The zero-order chi connectivity index (χ0) is 18.6. The van der Waals surface area contributed by atoms with Gasteiger partial charge in [-0.3, -0.25) is 9.59 Å². The van der Waals surface area contributed by atoms with Crippen LogP contribution >= 0.6 is 0 Å². The van der Waals surface area contributed by atoms with Gasteiger partial charge in [0.05, 0.1) is 11.3 Å².